The minimum atomic E-state index is 0.837. The van der Waals surface area contributed by atoms with Crippen LogP contribution < -0.4 is 4.90 Å². The van der Waals surface area contributed by atoms with E-state index < -0.39 is 0 Å². The summed E-state index contributed by atoms with van der Waals surface area (Å²) in [5.41, 5.74) is 2.42. The lowest BCUT2D eigenvalue weighted by atomic mass is 10.3. The third kappa shape index (κ3) is 1.92. The zero-order valence-electron chi connectivity index (χ0n) is 10.5. The van der Waals surface area contributed by atoms with Crippen LogP contribution in [-0.4, -0.2) is 21.1 Å². The van der Waals surface area contributed by atoms with E-state index in [1.807, 2.05) is 18.3 Å². The number of aryl methyl sites for hydroxylation is 1. The standard InChI is InChI=1S/C13H15BrN4/c1-9-10(2)18-6-5-17(8-13(18)16-9)12-4-3-11(14)7-15-12/h3-4,7H,5-6,8H2,1-2H3. The van der Waals surface area contributed by atoms with E-state index in [1.54, 1.807) is 0 Å². The van der Waals surface area contributed by atoms with Crippen molar-refractivity contribution >= 4 is 21.7 Å². The number of fused-ring (bicyclic) bond motifs is 1. The molecule has 0 saturated heterocycles. The molecule has 3 heterocycles. The zero-order valence-corrected chi connectivity index (χ0v) is 12.1. The van der Waals surface area contributed by atoms with Crippen LogP contribution in [0.5, 0.6) is 0 Å². The second-order valence-corrected chi connectivity index (χ2v) is 5.52. The number of aromatic nitrogens is 3. The Morgan fingerprint density at radius 1 is 1.22 bits per heavy atom. The van der Waals surface area contributed by atoms with Crippen LogP contribution >= 0.6 is 15.9 Å². The maximum Gasteiger partial charge on any atom is 0.129 e. The molecule has 0 saturated carbocycles. The third-order valence-corrected chi connectivity index (χ3v) is 3.97. The number of imidazole rings is 1. The molecular weight excluding hydrogens is 292 g/mol. The first-order chi connectivity index (χ1) is 8.65. The van der Waals surface area contributed by atoms with Gasteiger partial charge in [-0.15, -0.1) is 0 Å². The fourth-order valence-corrected chi connectivity index (χ4v) is 2.60. The van der Waals surface area contributed by atoms with Crippen LogP contribution in [0.15, 0.2) is 22.8 Å². The van der Waals surface area contributed by atoms with Gasteiger partial charge in [-0.05, 0) is 41.9 Å². The second-order valence-electron chi connectivity index (χ2n) is 4.61. The van der Waals surface area contributed by atoms with E-state index >= 15 is 0 Å². The molecule has 4 nitrogen and oxygen atoms in total. The monoisotopic (exact) mass is 306 g/mol. The summed E-state index contributed by atoms with van der Waals surface area (Å²) in [7, 11) is 0. The van der Waals surface area contributed by atoms with Crippen molar-refractivity contribution in [2.45, 2.75) is 26.9 Å². The molecule has 0 N–H and O–H groups in total. The highest BCUT2D eigenvalue weighted by atomic mass is 79.9. The van der Waals surface area contributed by atoms with Gasteiger partial charge in [0.25, 0.3) is 0 Å². The number of hydrogen-bond acceptors (Lipinski definition) is 3. The molecule has 0 fully saturated rings. The van der Waals surface area contributed by atoms with Crippen LogP contribution in [0.1, 0.15) is 17.2 Å². The fourth-order valence-electron chi connectivity index (χ4n) is 2.36. The lowest BCUT2D eigenvalue weighted by molar-refractivity contribution is 0.547. The quantitative estimate of drug-likeness (QED) is 0.812. The van der Waals surface area contributed by atoms with Gasteiger partial charge in [0.05, 0.1) is 12.2 Å². The van der Waals surface area contributed by atoms with Crippen molar-refractivity contribution in [2.75, 3.05) is 11.4 Å². The van der Waals surface area contributed by atoms with Crippen LogP contribution in [0.3, 0.4) is 0 Å². The molecule has 0 aliphatic carbocycles. The average molecular weight is 307 g/mol. The van der Waals surface area contributed by atoms with E-state index in [4.69, 9.17) is 0 Å². The van der Waals surface area contributed by atoms with Crippen molar-refractivity contribution in [1.82, 2.24) is 14.5 Å². The van der Waals surface area contributed by atoms with Gasteiger partial charge in [0.2, 0.25) is 0 Å². The van der Waals surface area contributed by atoms with Crippen LogP contribution in [0.4, 0.5) is 5.82 Å². The summed E-state index contributed by atoms with van der Waals surface area (Å²) < 4.78 is 3.32. The molecule has 1 aliphatic rings. The zero-order chi connectivity index (χ0) is 12.7. The van der Waals surface area contributed by atoms with E-state index in [0.717, 1.165) is 41.4 Å². The predicted octanol–water partition coefficient (Wildman–Crippen LogP) is 2.68. The summed E-state index contributed by atoms with van der Waals surface area (Å²) in [6, 6.07) is 4.07. The van der Waals surface area contributed by atoms with Crippen molar-refractivity contribution in [1.29, 1.82) is 0 Å². The van der Waals surface area contributed by atoms with E-state index in [9.17, 15) is 0 Å². The van der Waals surface area contributed by atoms with Crippen LogP contribution in [0, 0.1) is 13.8 Å². The molecule has 2 aromatic heterocycles. The Morgan fingerprint density at radius 2 is 2.06 bits per heavy atom. The molecule has 1 aliphatic heterocycles. The summed E-state index contributed by atoms with van der Waals surface area (Å²) in [5.74, 6) is 2.16. The number of hydrogen-bond donors (Lipinski definition) is 0. The van der Waals surface area contributed by atoms with Gasteiger partial charge in [0, 0.05) is 29.5 Å². The van der Waals surface area contributed by atoms with E-state index in [0.29, 0.717) is 0 Å². The Bertz CT molecular complexity index is 573. The molecule has 0 bridgehead atoms. The Hall–Kier alpha value is -1.36. The Balaban J connectivity index is 1.88. The summed E-state index contributed by atoms with van der Waals surface area (Å²) in [5, 5.41) is 0. The van der Waals surface area contributed by atoms with Gasteiger partial charge in [-0.3, -0.25) is 0 Å². The largest absolute Gasteiger partial charge is 0.347 e. The normalized spacial score (nSPS) is 14.7. The molecular formula is C13H15BrN4. The lowest BCUT2D eigenvalue weighted by Crippen LogP contribution is -2.34. The predicted molar refractivity (Wildman–Crippen MR) is 74.7 cm³/mol. The van der Waals surface area contributed by atoms with Crippen LogP contribution in [-0.2, 0) is 13.1 Å². The summed E-state index contributed by atoms with van der Waals surface area (Å²) >= 11 is 3.41. The van der Waals surface area contributed by atoms with Gasteiger partial charge >= 0.3 is 0 Å². The Labute approximate surface area is 115 Å². The second kappa shape index (κ2) is 4.39. The first-order valence-electron chi connectivity index (χ1n) is 6.04. The molecule has 0 radical (unpaired) electrons. The van der Waals surface area contributed by atoms with Crippen molar-refractivity contribution in [3.05, 3.63) is 40.0 Å². The molecule has 3 rings (SSSR count). The topological polar surface area (TPSA) is 34.0 Å². The number of anilines is 1. The molecule has 0 unspecified atom stereocenters. The van der Waals surface area contributed by atoms with Gasteiger partial charge in [-0.25, -0.2) is 9.97 Å². The molecule has 0 spiro atoms. The van der Waals surface area contributed by atoms with Gasteiger partial charge in [-0.2, -0.15) is 0 Å². The van der Waals surface area contributed by atoms with E-state index in [2.05, 4.69) is 49.2 Å². The summed E-state index contributed by atoms with van der Waals surface area (Å²) in [6.45, 7) is 7.02. The lowest BCUT2D eigenvalue weighted by Gasteiger charge is -2.29. The highest BCUT2D eigenvalue weighted by Gasteiger charge is 2.20. The smallest absolute Gasteiger partial charge is 0.129 e. The van der Waals surface area contributed by atoms with Crippen molar-refractivity contribution in [2.24, 2.45) is 0 Å². The highest BCUT2D eigenvalue weighted by Crippen LogP contribution is 2.22. The van der Waals surface area contributed by atoms with Crippen molar-refractivity contribution < 1.29 is 0 Å². The number of halogens is 1. The van der Waals surface area contributed by atoms with Crippen molar-refractivity contribution in [3.63, 3.8) is 0 Å². The molecule has 94 valence electrons. The molecule has 18 heavy (non-hydrogen) atoms. The molecule has 0 amide bonds. The van der Waals surface area contributed by atoms with Gasteiger partial charge < -0.3 is 9.47 Å². The molecule has 2 aromatic rings. The summed E-state index contributed by atoms with van der Waals surface area (Å²) in [6.07, 6.45) is 1.84. The van der Waals surface area contributed by atoms with E-state index in [1.165, 1.54) is 5.69 Å². The van der Waals surface area contributed by atoms with Gasteiger partial charge in [0.1, 0.15) is 11.6 Å². The minimum Gasteiger partial charge on any atom is -0.347 e. The number of nitrogens with zero attached hydrogens (tertiary/aromatic N) is 4. The van der Waals surface area contributed by atoms with Crippen LogP contribution in [0.25, 0.3) is 0 Å². The number of rotatable bonds is 1. The number of pyridine rings is 1. The fraction of sp³-hybridized carbons (Fsp3) is 0.385. The first-order valence-corrected chi connectivity index (χ1v) is 6.83. The molecule has 0 atom stereocenters. The molecule has 0 aromatic carbocycles. The summed E-state index contributed by atoms with van der Waals surface area (Å²) in [4.78, 5) is 11.3. The maximum atomic E-state index is 4.63. The average Bonchev–Trinajstić information content (AvgIpc) is 2.65. The first kappa shape index (κ1) is 11.7. The Kier molecular flexibility index (Phi) is 2.86. The minimum absolute atomic E-state index is 0.837. The van der Waals surface area contributed by atoms with E-state index in [-0.39, 0.29) is 0 Å². The van der Waals surface area contributed by atoms with Crippen molar-refractivity contribution in [3.8, 4) is 0 Å². The molecule has 5 heteroatoms. The Morgan fingerprint density at radius 3 is 2.78 bits per heavy atom. The third-order valence-electron chi connectivity index (χ3n) is 3.50. The maximum absolute atomic E-state index is 4.63. The SMILES string of the molecule is Cc1nc2n(c1C)CCN(c1ccc(Br)cn1)C2. The van der Waals surface area contributed by atoms with Gasteiger partial charge in [0.15, 0.2) is 0 Å². The van der Waals surface area contributed by atoms with Crippen LogP contribution in [0.2, 0.25) is 0 Å². The van der Waals surface area contributed by atoms with Gasteiger partial charge in [-0.1, -0.05) is 0 Å². The highest BCUT2D eigenvalue weighted by molar-refractivity contribution is 9.10.